The van der Waals surface area contributed by atoms with Crippen LogP contribution in [0.3, 0.4) is 0 Å². The number of rotatable bonds is 9. The zero-order valence-corrected chi connectivity index (χ0v) is 56.7. The molecule has 4 heteroatoms. The van der Waals surface area contributed by atoms with Gasteiger partial charge in [0, 0.05) is 74.6 Å². The van der Waals surface area contributed by atoms with Crippen molar-refractivity contribution in [3.63, 3.8) is 0 Å². The number of hydrogen-bond acceptors (Lipinski definition) is 3. The van der Waals surface area contributed by atoms with Gasteiger partial charge in [0.15, 0.2) is 0 Å². The highest BCUT2D eigenvalue weighted by atomic mass is 15.2. The molecule has 2 saturated heterocycles. The first-order valence-corrected chi connectivity index (χ1v) is 36.0. The monoisotopic (exact) mass is 1250 g/mol. The third-order valence-electron chi connectivity index (χ3n) is 23.8. The summed E-state index contributed by atoms with van der Waals surface area (Å²) in [5, 5.41) is 0. The summed E-state index contributed by atoms with van der Waals surface area (Å²) in [6.07, 6.45) is 23.1. The Morgan fingerprint density at radius 2 is 0.897 bits per heavy atom. The molecule has 4 bridgehead atoms. The van der Waals surface area contributed by atoms with E-state index in [0.717, 1.165) is 18.3 Å². The van der Waals surface area contributed by atoms with Gasteiger partial charge in [-0.15, -0.1) is 0 Å². The van der Waals surface area contributed by atoms with Crippen LogP contribution in [-0.2, 0) is 0 Å². The Balaban J connectivity index is 0.962. The van der Waals surface area contributed by atoms with Crippen molar-refractivity contribution in [2.24, 2.45) is 40.4 Å². The molecule has 10 aliphatic rings. The van der Waals surface area contributed by atoms with Gasteiger partial charge in [-0.1, -0.05) is 296 Å². The second-order valence-electron chi connectivity index (χ2n) is 31.6. The standard InChI is InChI=1S/C93H82BN3/c1-92(2,3)70-49-67-38-39-68-50-71(93(4,5)6)55-80-79(52-69(51-70)87(67)88(68)80)66-41-43-83-82(53-66)94-81-42-40-65(60-24-12-7-13-25-60)54-84(81)97(91-77(63-30-18-10-19-31-63)36-23-37-78(91)64-32-20-11-21-33-64)86-57-74(95-72-45-58-44-59(47-72)48-73(95)46-58)56-85(89(86)94)96(83)90-75(61-26-14-8-15-27-61)34-22-35-76(90)62-28-16-9-17-29-62/h7-43,50-59,67,72-73,87-88H,44-49H2,1-6H3. The average molecular weight is 1250 g/mol. The second kappa shape index (κ2) is 22.3. The molecule has 472 valence electrons. The van der Waals surface area contributed by atoms with Gasteiger partial charge in [0.25, 0.3) is 6.71 Å². The van der Waals surface area contributed by atoms with Crippen LogP contribution in [0.2, 0.25) is 0 Å². The molecule has 4 fully saturated rings. The van der Waals surface area contributed by atoms with Crippen molar-refractivity contribution in [3.05, 3.63) is 306 Å². The van der Waals surface area contributed by atoms with Crippen molar-refractivity contribution in [2.75, 3.05) is 14.7 Å². The second-order valence-corrected chi connectivity index (χ2v) is 31.6. The summed E-state index contributed by atoms with van der Waals surface area (Å²) in [4.78, 5) is 8.52. The zero-order chi connectivity index (χ0) is 65.0. The summed E-state index contributed by atoms with van der Waals surface area (Å²) in [6, 6.07) is 91.9. The maximum Gasteiger partial charge on any atom is 0.252 e. The highest BCUT2D eigenvalue weighted by Crippen LogP contribution is 2.60. The summed E-state index contributed by atoms with van der Waals surface area (Å²) in [7, 11) is 0. The summed E-state index contributed by atoms with van der Waals surface area (Å²) < 4.78 is 0. The predicted molar refractivity (Wildman–Crippen MR) is 410 cm³/mol. The molecule has 4 heterocycles. The molecule has 3 atom stereocenters. The summed E-state index contributed by atoms with van der Waals surface area (Å²) in [6.45, 7) is 14.3. The summed E-state index contributed by atoms with van der Waals surface area (Å²) >= 11 is 0. The van der Waals surface area contributed by atoms with Gasteiger partial charge in [0.05, 0.1) is 11.4 Å². The molecule has 3 unspecified atom stereocenters. The number of allylic oxidation sites excluding steroid dienone is 12. The van der Waals surface area contributed by atoms with E-state index >= 15 is 0 Å². The fourth-order valence-electron chi connectivity index (χ4n) is 19.5. The number of para-hydroxylation sites is 2. The fraction of sp³-hybridized carbons (Fsp3) is 0.226. The number of hydrogen-bond donors (Lipinski definition) is 0. The van der Waals surface area contributed by atoms with Gasteiger partial charge in [-0.2, -0.15) is 0 Å². The predicted octanol–water partition coefficient (Wildman–Crippen LogP) is 22.3. The molecule has 97 heavy (non-hydrogen) atoms. The van der Waals surface area contributed by atoms with Crippen LogP contribution in [0, 0.1) is 40.4 Å². The van der Waals surface area contributed by atoms with E-state index in [2.05, 4.69) is 329 Å². The molecule has 0 amide bonds. The maximum absolute atomic E-state index is 2.96. The van der Waals surface area contributed by atoms with E-state index < -0.39 is 0 Å². The first-order chi connectivity index (χ1) is 47.3. The molecule has 4 aliphatic heterocycles. The van der Waals surface area contributed by atoms with Crippen LogP contribution in [0.25, 0.3) is 61.2 Å². The molecule has 2 saturated carbocycles. The molecule has 20 rings (SSSR count). The quantitative estimate of drug-likeness (QED) is 0.133. The molecule has 0 radical (unpaired) electrons. The molecule has 0 N–H and O–H groups in total. The molecular weight excluding hydrogens is 1170 g/mol. The highest BCUT2D eigenvalue weighted by Gasteiger charge is 2.51. The largest absolute Gasteiger partial charge is 0.365 e. The van der Waals surface area contributed by atoms with E-state index in [4.69, 9.17) is 0 Å². The number of fused-ring (bicyclic) bond motifs is 4. The van der Waals surface area contributed by atoms with E-state index in [9.17, 15) is 0 Å². The van der Waals surface area contributed by atoms with Crippen molar-refractivity contribution >= 4 is 68.5 Å². The number of anilines is 7. The van der Waals surface area contributed by atoms with Crippen LogP contribution in [0.1, 0.15) is 85.6 Å². The van der Waals surface area contributed by atoms with E-state index in [1.165, 1.54) is 177 Å². The van der Waals surface area contributed by atoms with Gasteiger partial charge < -0.3 is 14.7 Å². The van der Waals surface area contributed by atoms with Crippen LogP contribution in [0.5, 0.6) is 0 Å². The topological polar surface area (TPSA) is 9.72 Å². The molecule has 10 aromatic carbocycles. The van der Waals surface area contributed by atoms with E-state index in [-0.39, 0.29) is 23.5 Å². The Morgan fingerprint density at radius 1 is 0.392 bits per heavy atom. The third-order valence-corrected chi connectivity index (χ3v) is 23.8. The minimum Gasteiger partial charge on any atom is -0.365 e. The number of nitrogens with zero attached hydrogens (tertiary/aromatic N) is 3. The number of benzene rings is 10. The first kappa shape index (κ1) is 58.5. The lowest BCUT2D eigenvalue weighted by Crippen LogP contribution is -2.62. The van der Waals surface area contributed by atoms with E-state index in [0.29, 0.717) is 23.9 Å². The Morgan fingerprint density at radius 3 is 1.41 bits per heavy atom. The maximum atomic E-state index is 2.96. The summed E-state index contributed by atoms with van der Waals surface area (Å²) in [5.41, 5.74) is 34.6. The fourth-order valence-corrected chi connectivity index (χ4v) is 19.5. The molecule has 3 nitrogen and oxygen atoms in total. The number of piperidine rings is 2. The van der Waals surface area contributed by atoms with Crippen LogP contribution >= 0.6 is 0 Å². The Bertz CT molecular complexity index is 4910. The van der Waals surface area contributed by atoms with Gasteiger partial charge in [-0.05, 0) is 175 Å². The first-order valence-electron chi connectivity index (χ1n) is 36.0. The van der Waals surface area contributed by atoms with Gasteiger partial charge in [-0.25, -0.2) is 0 Å². The Hall–Kier alpha value is -9.90. The van der Waals surface area contributed by atoms with Gasteiger partial charge in [0.1, 0.15) is 0 Å². The van der Waals surface area contributed by atoms with Crippen LogP contribution < -0.4 is 31.1 Å². The van der Waals surface area contributed by atoms with Gasteiger partial charge >= 0.3 is 0 Å². The highest BCUT2D eigenvalue weighted by molar-refractivity contribution is 7.00. The molecule has 0 aromatic heterocycles. The van der Waals surface area contributed by atoms with Crippen molar-refractivity contribution in [1.82, 2.24) is 0 Å². The minimum absolute atomic E-state index is 0.0441. The third kappa shape index (κ3) is 9.51. The lowest BCUT2D eigenvalue weighted by atomic mass is 9.33. The van der Waals surface area contributed by atoms with Crippen molar-refractivity contribution in [2.45, 2.75) is 92.2 Å². The normalized spacial score (nSPS) is 22.3. The minimum atomic E-state index is -0.163. The van der Waals surface area contributed by atoms with Gasteiger partial charge in [0.2, 0.25) is 0 Å². The van der Waals surface area contributed by atoms with E-state index in [1.807, 2.05) is 0 Å². The van der Waals surface area contributed by atoms with Crippen molar-refractivity contribution in [3.8, 4) is 55.6 Å². The Kier molecular flexibility index (Phi) is 13.5. The average Bonchev–Trinajstić information content (AvgIpc) is 0.696. The van der Waals surface area contributed by atoms with Crippen LogP contribution in [0.4, 0.5) is 39.8 Å². The van der Waals surface area contributed by atoms with Crippen LogP contribution in [0.15, 0.2) is 301 Å². The van der Waals surface area contributed by atoms with Gasteiger partial charge in [-0.3, -0.25) is 0 Å². The SMILES string of the molecule is CC(C)(C)C1=CC2=C(c3ccc4c(c3)B3c5ccc(-c6ccccc6)cc5N(c5c(-c6ccccc6)cccc5-c5ccccc5)c5cc(N6C7CC8CC(C7)CC6C8)cc(c53)N4c3c(-c4ccccc4)cccc3-c3ccccc3)C=C3C=C(C(C)(C)C)CC4C=CC(=C1)C2C34. The summed E-state index contributed by atoms with van der Waals surface area (Å²) in [5.74, 6) is 2.70. The molecule has 6 aliphatic carbocycles. The molecule has 0 spiro atoms. The molecule has 10 aromatic rings. The van der Waals surface area contributed by atoms with Crippen LogP contribution in [-0.4, -0.2) is 18.8 Å². The zero-order valence-electron chi connectivity index (χ0n) is 56.7. The lowest BCUT2D eigenvalue weighted by molar-refractivity contribution is 0.0900. The smallest absolute Gasteiger partial charge is 0.252 e. The van der Waals surface area contributed by atoms with E-state index in [1.54, 1.807) is 5.57 Å². The van der Waals surface area contributed by atoms with Crippen molar-refractivity contribution in [1.29, 1.82) is 0 Å². The lowest BCUT2D eigenvalue weighted by Gasteiger charge is -2.58. The van der Waals surface area contributed by atoms with Crippen molar-refractivity contribution < 1.29 is 0 Å². The Labute approximate surface area is 574 Å². The molecular formula is C93H82BN3.